The Morgan fingerprint density at radius 1 is 1.88 bits per heavy atom. The molecule has 0 aromatic rings. The molecule has 0 aromatic carbocycles. The van der Waals surface area contributed by atoms with Crippen LogP contribution in [0.5, 0.6) is 0 Å². The predicted molar refractivity (Wildman–Crippen MR) is 25.6 cm³/mol. The van der Waals surface area contributed by atoms with Crippen LogP contribution in [0, 0.1) is 6.92 Å². The molecule has 0 fully saturated rings. The van der Waals surface area contributed by atoms with Gasteiger partial charge in [0, 0.05) is 0 Å². The molecule has 1 atom stereocenters. The van der Waals surface area contributed by atoms with Crippen molar-refractivity contribution in [1.29, 1.82) is 0 Å². The number of hydrogen-bond acceptors (Lipinski definition) is 2. The van der Waals surface area contributed by atoms with Gasteiger partial charge in [0.25, 0.3) is 5.97 Å². The molecule has 3 N–H and O–H groups in total. The van der Waals surface area contributed by atoms with Gasteiger partial charge < -0.3 is 17.8 Å². The van der Waals surface area contributed by atoms with Gasteiger partial charge in [0.05, 0.1) is 0 Å². The third-order valence-corrected chi connectivity index (χ3v) is 0.489. The molecule has 3 nitrogen and oxygen atoms in total. The van der Waals surface area contributed by atoms with Crippen molar-refractivity contribution in [2.75, 3.05) is 0 Å². The Morgan fingerprint density at radius 2 is 2.00 bits per heavy atom. The molecule has 0 saturated heterocycles. The second-order valence-electron chi connectivity index (χ2n) is 1.72. The Morgan fingerprint density at radius 3 is 2.00 bits per heavy atom. The third kappa shape index (κ3) is 4.28. The van der Waals surface area contributed by atoms with Gasteiger partial charge in [-0.1, -0.05) is 6.92 Å². The molecule has 0 radical (unpaired) electrons. The van der Waals surface area contributed by atoms with Gasteiger partial charge in [-0.2, -0.15) is 0 Å². The van der Waals surface area contributed by atoms with Crippen LogP contribution in [0.3, 0.4) is 0 Å². The van der Waals surface area contributed by atoms with Crippen LogP contribution in [-0.4, -0.2) is 16.6 Å². The van der Waals surface area contributed by atoms with E-state index in [1.54, 1.807) is 0 Å². The fourth-order valence-corrected chi connectivity index (χ4v) is 0. The van der Waals surface area contributed by atoms with Gasteiger partial charge in [0.15, 0.2) is 0 Å². The Labute approximate surface area is 62.5 Å². The predicted octanol–water partition coefficient (Wildman–Crippen LogP) is -0.380. The molecule has 0 bridgehead atoms. The third-order valence-electron chi connectivity index (χ3n) is 0.489. The Balaban J connectivity index is 0. The summed E-state index contributed by atoms with van der Waals surface area (Å²) in [4.78, 5) is 9.83. The summed E-state index contributed by atoms with van der Waals surface area (Å²) < 4.78 is 0. The Bertz CT molecular complexity index is 86.5. The summed E-state index contributed by atoms with van der Waals surface area (Å²) in [6, 6.07) is 0. The summed E-state index contributed by atoms with van der Waals surface area (Å²) in [5.41, 5.74) is 3.63. The van der Waals surface area contributed by atoms with E-state index < -0.39 is 11.5 Å². The van der Waals surface area contributed by atoms with Crippen molar-refractivity contribution in [2.24, 2.45) is 5.73 Å². The maximum Gasteiger partial charge on any atom is 2.00 e. The van der Waals surface area contributed by atoms with Gasteiger partial charge in [-0.15, -0.1) is 0 Å². The maximum absolute atomic E-state index is 9.83. The van der Waals surface area contributed by atoms with Gasteiger partial charge in [0.1, 0.15) is 0 Å². The molecule has 0 aliphatic rings. The first kappa shape index (κ1) is 11.0. The minimum absolute atomic E-state index is 0. The number of carboxylic acid groups (broad SMARTS) is 1. The van der Waals surface area contributed by atoms with E-state index in [2.05, 4.69) is 6.92 Å². The molecular formula is C4H8NO2W+. The summed E-state index contributed by atoms with van der Waals surface area (Å²) in [6.45, 7) is 4.48. The second-order valence-corrected chi connectivity index (χ2v) is 1.72. The van der Waals surface area contributed by atoms with E-state index in [1.165, 1.54) is 6.92 Å². The zero-order valence-corrected chi connectivity index (χ0v) is 7.48. The van der Waals surface area contributed by atoms with Gasteiger partial charge in [0.2, 0.25) is 0 Å². The van der Waals surface area contributed by atoms with Crippen LogP contribution in [0.4, 0.5) is 0 Å². The standard InChI is InChI=1S/C4H8NO2.W/c1-4(2,5)3(6)7;/h1,5H2,2H3,(H,6,7);/q-1;+2. The van der Waals surface area contributed by atoms with Crippen molar-refractivity contribution in [3.63, 3.8) is 0 Å². The zero-order chi connectivity index (χ0) is 6.08. The molecule has 0 amide bonds. The van der Waals surface area contributed by atoms with E-state index in [0.717, 1.165) is 0 Å². The van der Waals surface area contributed by atoms with Gasteiger partial charge >= 0.3 is 21.1 Å². The van der Waals surface area contributed by atoms with Crippen LogP contribution in [-0.2, 0) is 25.9 Å². The fourth-order valence-electron chi connectivity index (χ4n) is 0. The summed E-state index contributed by atoms with van der Waals surface area (Å²) in [5.74, 6) is -1.09. The SMILES string of the molecule is [CH2-]C(C)(N)C(=O)O.[W+2]. The molecular weight excluding hydrogens is 278 g/mol. The largest absolute Gasteiger partial charge is 2.00 e. The number of carboxylic acids is 1. The summed E-state index contributed by atoms with van der Waals surface area (Å²) in [5, 5.41) is 8.06. The molecule has 0 aliphatic carbocycles. The average molecular weight is 286 g/mol. The molecule has 0 aliphatic heterocycles. The zero-order valence-electron chi connectivity index (χ0n) is 4.55. The average Bonchev–Trinajstić information content (AvgIpc) is 1.31. The molecule has 0 spiro atoms. The van der Waals surface area contributed by atoms with Crippen LogP contribution in [0.15, 0.2) is 0 Å². The van der Waals surface area contributed by atoms with Gasteiger partial charge in [-0.05, 0) is 5.54 Å². The second kappa shape index (κ2) is 3.20. The monoisotopic (exact) mass is 286 g/mol. The summed E-state index contributed by atoms with van der Waals surface area (Å²) in [7, 11) is 0. The molecule has 0 heterocycles. The first-order chi connectivity index (χ1) is 2.94. The maximum atomic E-state index is 9.83. The molecule has 1 unspecified atom stereocenters. The van der Waals surface area contributed by atoms with E-state index in [0.29, 0.717) is 0 Å². The quantitative estimate of drug-likeness (QED) is 0.646. The number of nitrogens with two attached hydrogens (primary N) is 1. The smallest absolute Gasteiger partial charge is 0.482 e. The normalized spacial score (nSPS) is 15.9. The molecule has 8 heavy (non-hydrogen) atoms. The number of hydrogen-bond donors (Lipinski definition) is 2. The van der Waals surface area contributed by atoms with E-state index >= 15 is 0 Å². The van der Waals surface area contributed by atoms with Crippen molar-refractivity contribution in [3.8, 4) is 0 Å². The molecule has 46 valence electrons. The van der Waals surface area contributed by atoms with Crippen molar-refractivity contribution >= 4 is 5.97 Å². The molecule has 0 saturated carbocycles. The van der Waals surface area contributed by atoms with E-state index in [4.69, 9.17) is 10.8 Å². The van der Waals surface area contributed by atoms with Crippen LogP contribution in [0.1, 0.15) is 6.92 Å². The van der Waals surface area contributed by atoms with Crippen molar-refractivity contribution < 1.29 is 31.0 Å². The van der Waals surface area contributed by atoms with E-state index in [-0.39, 0.29) is 21.1 Å². The first-order valence-electron chi connectivity index (χ1n) is 1.82. The molecule has 4 heteroatoms. The van der Waals surface area contributed by atoms with E-state index in [9.17, 15) is 4.79 Å². The number of aliphatic carboxylic acids is 1. The first-order valence-corrected chi connectivity index (χ1v) is 1.82. The Hall–Kier alpha value is 0.118. The van der Waals surface area contributed by atoms with E-state index in [1.807, 2.05) is 0 Å². The van der Waals surface area contributed by atoms with Gasteiger partial charge in [-0.25, -0.2) is 0 Å². The summed E-state index contributed by atoms with van der Waals surface area (Å²) >= 11 is 0. The molecule has 0 aromatic heterocycles. The van der Waals surface area contributed by atoms with Crippen molar-refractivity contribution in [2.45, 2.75) is 12.5 Å². The number of rotatable bonds is 1. The minimum atomic E-state index is -1.33. The van der Waals surface area contributed by atoms with Crippen LogP contribution < -0.4 is 5.73 Å². The van der Waals surface area contributed by atoms with Crippen molar-refractivity contribution in [3.05, 3.63) is 6.92 Å². The van der Waals surface area contributed by atoms with Gasteiger partial charge in [-0.3, -0.25) is 4.79 Å². The fraction of sp³-hybridized carbons (Fsp3) is 0.500. The van der Waals surface area contributed by atoms with Crippen LogP contribution >= 0.6 is 0 Å². The van der Waals surface area contributed by atoms with Crippen LogP contribution in [0.25, 0.3) is 0 Å². The topological polar surface area (TPSA) is 63.3 Å². The molecule has 0 rings (SSSR count). The minimum Gasteiger partial charge on any atom is -0.482 e. The Kier molecular flexibility index (Phi) is 4.40. The van der Waals surface area contributed by atoms with Crippen LogP contribution in [0.2, 0.25) is 0 Å². The number of carbonyl (C=O) groups is 1. The summed E-state index contributed by atoms with van der Waals surface area (Å²) in [6.07, 6.45) is 0. The van der Waals surface area contributed by atoms with Crippen molar-refractivity contribution in [1.82, 2.24) is 0 Å².